The molecule has 15 aromatic rings. The standard InChI is InChI=1S/C42H28N2.C19H13N.C12H9I.HI/c1-3-11-29(12-4-1)31-19-23-33(24-20-31)43-37-17-9-7-15-35(37)41-39(43)27-28-40-42(41)36-16-8-10-18-38(36)44(40)34-25-21-32(22-26-34)30-13-5-2-6-14-30;1-2-6-14-12(5-1)11-13-9-10-17-19(18(13)14)15-7-3-4-8-16(15)20-17;13-12-8-6-11(7-9-12)10-4-2-1-3-5-10;/h1-28H;1-10,20H,11H2;1-9H;1H/p-1. The van der Waals surface area contributed by atoms with Gasteiger partial charge in [-0.05, 0) is 157 Å². The van der Waals surface area contributed by atoms with Crippen LogP contribution >= 0.6 is 22.6 Å². The van der Waals surface area contributed by atoms with E-state index in [1.54, 1.807) is 0 Å². The van der Waals surface area contributed by atoms with Crippen LogP contribution in [0.5, 0.6) is 0 Å². The van der Waals surface area contributed by atoms with E-state index < -0.39 is 0 Å². The zero-order chi connectivity index (χ0) is 51.2. The third-order valence-corrected chi connectivity index (χ3v) is 16.0. The molecule has 0 atom stereocenters. The topological polar surface area (TPSA) is 25.6 Å². The Balaban J connectivity index is 0.000000139. The molecule has 3 aromatic heterocycles. The van der Waals surface area contributed by atoms with Crippen molar-refractivity contribution < 1.29 is 24.0 Å². The van der Waals surface area contributed by atoms with Gasteiger partial charge in [-0.3, -0.25) is 0 Å². The third-order valence-electron chi connectivity index (χ3n) is 15.3. The van der Waals surface area contributed by atoms with Crippen LogP contribution in [0, 0.1) is 3.57 Å². The molecule has 3 nitrogen and oxygen atoms in total. The maximum Gasteiger partial charge on any atom is 0.0548 e. The fourth-order valence-corrected chi connectivity index (χ4v) is 12.1. The van der Waals surface area contributed by atoms with Crippen LogP contribution in [0.1, 0.15) is 11.1 Å². The van der Waals surface area contributed by atoms with Crippen molar-refractivity contribution in [2.45, 2.75) is 6.42 Å². The fourth-order valence-electron chi connectivity index (χ4n) is 11.8. The molecule has 0 bridgehead atoms. The minimum Gasteiger partial charge on any atom is -1.00 e. The van der Waals surface area contributed by atoms with E-state index in [0.717, 1.165) is 17.8 Å². The van der Waals surface area contributed by atoms with Gasteiger partial charge in [0.25, 0.3) is 0 Å². The van der Waals surface area contributed by atoms with E-state index in [0.29, 0.717) is 0 Å². The zero-order valence-electron chi connectivity index (χ0n) is 42.5. The normalized spacial score (nSPS) is 11.5. The number of fused-ring (bicyclic) bond motifs is 14. The third kappa shape index (κ3) is 8.86. The SMILES string of the molecule is Ic1ccc(-c2ccccc2)cc1.[I-].c1ccc(-c2ccc(-n3c4ccccc4c4c5c6ccccc6n(-c6ccc(-c7ccccc7)cc6)c5ccc43)cc2)cc1.c1ccc2c(c1)Cc1ccc3[nH]c4ccccc4c3c1-2. The molecule has 0 saturated carbocycles. The zero-order valence-corrected chi connectivity index (χ0v) is 46.8. The highest BCUT2D eigenvalue weighted by Crippen LogP contribution is 2.45. The Morgan fingerprint density at radius 3 is 1.22 bits per heavy atom. The number of aromatic nitrogens is 3. The second-order valence-corrected chi connectivity index (χ2v) is 21.0. The molecule has 5 heteroatoms. The van der Waals surface area contributed by atoms with Gasteiger partial charge < -0.3 is 38.1 Å². The number of hydrogen-bond donors (Lipinski definition) is 1. The van der Waals surface area contributed by atoms with Crippen molar-refractivity contribution in [2.75, 3.05) is 0 Å². The van der Waals surface area contributed by atoms with Crippen LogP contribution in [0.3, 0.4) is 0 Å². The van der Waals surface area contributed by atoms with Gasteiger partial charge in [-0.1, -0.05) is 212 Å². The highest BCUT2D eigenvalue weighted by Gasteiger charge is 2.23. The monoisotopic (exact) mass is 1220 g/mol. The summed E-state index contributed by atoms with van der Waals surface area (Å²) in [5.74, 6) is 0. The van der Waals surface area contributed by atoms with Crippen LogP contribution in [0.2, 0.25) is 0 Å². The maximum absolute atomic E-state index is 3.54. The summed E-state index contributed by atoms with van der Waals surface area (Å²) in [5.41, 5.74) is 22.8. The van der Waals surface area contributed by atoms with Crippen molar-refractivity contribution in [3.05, 3.63) is 300 Å². The highest BCUT2D eigenvalue weighted by atomic mass is 127. The lowest BCUT2D eigenvalue weighted by Gasteiger charge is -2.11. The number of benzene rings is 12. The second kappa shape index (κ2) is 21.1. The molecule has 0 spiro atoms. The minimum atomic E-state index is 0. The van der Waals surface area contributed by atoms with E-state index >= 15 is 0 Å². The molecule has 16 rings (SSSR count). The van der Waals surface area contributed by atoms with Gasteiger partial charge in [-0.2, -0.15) is 0 Å². The molecule has 0 saturated heterocycles. The molecule has 3 heterocycles. The number of rotatable bonds is 5. The summed E-state index contributed by atoms with van der Waals surface area (Å²) in [6.45, 7) is 0. The van der Waals surface area contributed by atoms with Crippen LogP contribution in [0.25, 0.3) is 121 Å². The number of aromatic amines is 1. The van der Waals surface area contributed by atoms with Gasteiger partial charge in [0, 0.05) is 58.3 Å². The van der Waals surface area contributed by atoms with Gasteiger partial charge in [-0.25, -0.2) is 0 Å². The fraction of sp³-hybridized carbons (Fsp3) is 0.0137. The summed E-state index contributed by atoms with van der Waals surface area (Å²) < 4.78 is 6.11. The molecule has 0 aliphatic heterocycles. The van der Waals surface area contributed by atoms with Gasteiger partial charge in [0.2, 0.25) is 0 Å². The van der Waals surface area contributed by atoms with E-state index in [1.165, 1.54) is 125 Å². The number of H-pyrrole nitrogens is 1. The van der Waals surface area contributed by atoms with Gasteiger partial charge in [-0.15, -0.1) is 0 Å². The molecular formula is C73H50I2N3-. The first-order chi connectivity index (χ1) is 38.1. The van der Waals surface area contributed by atoms with Crippen LogP contribution in [0.4, 0.5) is 0 Å². The largest absolute Gasteiger partial charge is 1.00 e. The molecule has 0 fully saturated rings. The summed E-state index contributed by atoms with van der Waals surface area (Å²) in [7, 11) is 0. The van der Waals surface area contributed by atoms with Crippen molar-refractivity contribution in [1.82, 2.24) is 14.1 Å². The first kappa shape index (κ1) is 49.1. The Hall–Kier alpha value is -8.50. The van der Waals surface area contributed by atoms with Crippen molar-refractivity contribution in [1.29, 1.82) is 0 Å². The molecule has 372 valence electrons. The van der Waals surface area contributed by atoms with Gasteiger partial charge in [0.05, 0.1) is 22.1 Å². The number of nitrogens with zero attached hydrogens (tertiary/aromatic N) is 2. The van der Waals surface area contributed by atoms with E-state index in [2.05, 4.69) is 316 Å². The molecule has 12 aromatic carbocycles. The Kier molecular flexibility index (Phi) is 13.3. The average Bonchev–Trinajstić information content (AvgIpc) is 4.45. The molecular weight excluding hydrogens is 1170 g/mol. The van der Waals surface area contributed by atoms with Gasteiger partial charge >= 0.3 is 0 Å². The molecule has 0 radical (unpaired) electrons. The smallest absolute Gasteiger partial charge is 0.0548 e. The molecule has 0 unspecified atom stereocenters. The van der Waals surface area contributed by atoms with Crippen molar-refractivity contribution in [3.8, 4) is 55.9 Å². The molecule has 0 amide bonds. The van der Waals surface area contributed by atoms with Crippen molar-refractivity contribution in [2.24, 2.45) is 0 Å². The Morgan fingerprint density at radius 1 is 0.295 bits per heavy atom. The summed E-state index contributed by atoms with van der Waals surface area (Å²) in [5, 5.41) is 7.83. The predicted molar refractivity (Wildman–Crippen MR) is 335 cm³/mol. The van der Waals surface area contributed by atoms with Crippen LogP contribution < -0.4 is 24.0 Å². The van der Waals surface area contributed by atoms with Gasteiger partial charge in [0.1, 0.15) is 0 Å². The predicted octanol–water partition coefficient (Wildman–Crippen LogP) is 17.1. The van der Waals surface area contributed by atoms with E-state index in [9.17, 15) is 0 Å². The first-order valence-electron chi connectivity index (χ1n) is 26.3. The Morgan fingerprint density at radius 2 is 0.705 bits per heavy atom. The molecule has 1 aliphatic rings. The molecule has 1 N–H and O–H groups in total. The summed E-state index contributed by atoms with van der Waals surface area (Å²) in [6, 6.07) is 102. The van der Waals surface area contributed by atoms with E-state index in [-0.39, 0.29) is 24.0 Å². The second-order valence-electron chi connectivity index (χ2n) is 19.8. The number of hydrogen-bond acceptors (Lipinski definition) is 0. The van der Waals surface area contributed by atoms with Crippen LogP contribution in [0.15, 0.2) is 285 Å². The van der Waals surface area contributed by atoms with Crippen LogP contribution in [-0.2, 0) is 6.42 Å². The minimum absolute atomic E-state index is 0. The highest BCUT2D eigenvalue weighted by molar-refractivity contribution is 14.1. The number of halogens is 2. The Bertz CT molecular complexity index is 4440. The van der Waals surface area contributed by atoms with Crippen molar-refractivity contribution in [3.63, 3.8) is 0 Å². The first-order valence-corrected chi connectivity index (χ1v) is 27.4. The molecule has 78 heavy (non-hydrogen) atoms. The quantitative estimate of drug-likeness (QED) is 0.166. The lowest BCUT2D eigenvalue weighted by Crippen LogP contribution is -3.00. The summed E-state index contributed by atoms with van der Waals surface area (Å²) >= 11 is 2.32. The van der Waals surface area contributed by atoms with E-state index in [1.807, 2.05) is 6.07 Å². The lowest BCUT2D eigenvalue weighted by molar-refractivity contribution is -0.0000143. The lowest BCUT2D eigenvalue weighted by atomic mass is 9.99. The Labute approximate surface area is 484 Å². The van der Waals surface area contributed by atoms with Gasteiger partial charge in [0.15, 0.2) is 0 Å². The maximum atomic E-state index is 3.54. The summed E-state index contributed by atoms with van der Waals surface area (Å²) in [4.78, 5) is 3.54. The van der Waals surface area contributed by atoms with E-state index in [4.69, 9.17) is 0 Å². The average molecular weight is 1220 g/mol. The van der Waals surface area contributed by atoms with Crippen molar-refractivity contribution >= 4 is 88.0 Å². The summed E-state index contributed by atoms with van der Waals surface area (Å²) in [6.07, 6.45) is 1.06. The molecule has 1 aliphatic carbocycles. The number of para-hydroxylation sites is 3. The van der Waals surface area contributed by atoms with Crippen LogP contribution in [-0.4, -0.2) is 14.1 Å². The number of nitrogens with one attached hydrogen (secondary N) is 1.